The Morgan fingerprint density at radius 1 is 1.22 bits per heavy atom. The summed E-state index contributed by atoms with van der Waals surface area (Å²) in [7, 11) is -4.69. The highest BCUT2D eigenvalue weighted by Gasteiger charge is 2.37. The number of carbonyl (C=O) groups is 1. The zero-order chi connectivity index (χ0) is 17.9. The van der Waals surface area contributed by atoms with Gasteiger partial charge in [0, 0.05) is 0 Å². The summed E-state index contributed by atoms with van der Waals surface area (Å²) in [5, 5.41) is 0. The van der Waals surface area contributed by atoms with Gasteiger partial charge in [-0.15, -0.1) is 0 Å². The molecule has 23 heavy (non-hydrogen) atoms. The van der Waals surface area contributed by atoms with E-state index in [2.05, 4.69) is 4.18 Å². The fourth-order valence-electron chi connectivity index (χ4n) is 1.93. The molecule has 0 aliphatic carbocycles. The number of rotatable bonds is 5. The van der Waals surface area contributed by atoms with Crippen LogP contribution in [-0.2, 0) is 28.6 Å². The largest absolute Gasteiger partial charge is 0.460 e. The molecule has 0 spiro atoms. The lowest BCUT2D eigenvalue weighted by Gasteiger charge is -2.29. The SMILES string of the molecule is CC(C)(C)OC(=O)[C@@H]1CC[C@@H](COS(=O)(=O)CC(F)(F)F)OC1. The summed E-state index contributed by atoms with van der Waals surface area (Å²) in [6, 6.07) is 0. The predicted octanol–water partition coefficient (Wildman–Crippen LogP) is 2.03. The van der Waals surface area contributed by atoms with Crippen LogP contribution in [0.2, 0.25) is 0 Å². The van der Waals surface area contributed by atoms with Gasteiger partial charge in [0.05, 0.1) is 25.2 Å². The molecule has 1 fully saturated rings. The molecule has 10 heteroatoms. The summed E-state index contributed by atoms with van der Waals surface area (Å²) in [5.41, 5.74) is -0.622. The van der Waals surface area contributed by atoms with Crippen LogP contribution in [0.1, 0.15) is 33.6 Å². The molecular formula is C13H21F3O6S. The number of hydrogen-bond donors (Lipinski definition) is 0. The maximum Gasteiger partial charge on any atom is 0.405 e. The maximum absolute atomic E-state index is 12.1. The molecule has 1 rings (SSSR count). The predicted molar refractivity (Wildman–Crippen MR) is 74.1 cm³/mol. The minimum Gasteiger partial charge on any atom is -0.460 e. The van der Waals surface area contributed by atoms with E-state index in [4.69, 9.17) is 9.47 Å². The van der Waals surface area contributed by atoms with Crippen LogP contribution < -0.4 is 0 Å². The average molecular weight is 362 g/mol. The summed E-state index contributed by atoms with van der Waals surface area (Å²) in [4.78, 5) is 11.8. The third-order valence-corrected chi connectivity index (χ3v) is 4.06. The molecule has 2 atom stereocenters. The second-order valence-electron chi connectivity index (χ2n) is 6.36. The van der Waals surface area contributed by atoms with Crippen LogP contribution in [0.3, 0.4) is 0 Å². The van der Waals surface area contributed by atoms with Crippen molar-refractivity contribution >= 4 is 16.1 Å². The molecule has 1 heterocycles. The molecule has 0 bridgehead atoms. The highest BCUT2D eigenvalue weighted by atomic mass is 32.2. The molecule has 136 valence electrons. The number of carbonyl (C=O) groups excluding carboxylic acids is 1. The van der Waals surface area contributed by atoms with E-state index >= 15 is 0 Å². The van der Waals surface area contributed by atoms with Crippen molar-refractivity contribution < 1.29 is 40.0 Å². The van der Waals surface area contributed by atoms with Crippen LogP contribution in [0.4, 0.5) is 13.2 Å². The van der Waals surface area contributed by atoms with Gasteiger partial charge in [-0.3, -0.25) is 8.98 Å². The van der Waals surface area contributed by atoms with E-state index < -0.39 is 52.2 Å². The van der Waals surface area contributed by atoms with Crippen LogP contribution in [0, 0.1) is 5.92 Å². The van der Waals surface area contributed by atoms with E-state index in [0.717, 1.165) is 0 Å². The molecule has 0 saturated carbocycles. The van der Waals surface area contributed by atoms with Crippen molar-refractivity contribution in [3.05, 3.63) is 0 Å². The molecule has 0 unspecified atom stereocenters. The molecule has 1 saturated heterocycles. The fraction of sp³-hybridized carbons (Fsp3) is 0.923. The van der Waals surface area contributed by atoms with Gasteiger partial charge in [-0.05, 0) is 33.6 Å². The molecule has 0 N–H and O–H groups in total. The summed E-state index contributed by atoms with van der Waals surface area (Å²) in [5.74, 6) is -2.92. The molecule has 1 aliphatic heterocycles. The lowest BCUT2D eigenvalue weighted by atomic mass is 9.98. The standard InChI is InChI=1S/C13H21F3O6S/c1-12(2,3)22-11(17)9-4-5-10(20-6-9)7-21-23(18,19)8-13(14,15)16/h9-10H,4-8H2,1-3H3/t9-,10+/m1/s1. The van der Waals surface area contributed by atoms with Crippen molar-refractivity contribution in [2.24, 2.45) is 5.92 Å². The monoisotopic (exact) mass is 362 g/mol. The number of ether oxygens (including phenoxy) is 2. The molecule has 0 aromatic rings. The van der Waals surface area contributed by atoms with Gasteiger partial charge in [-0.25, -0.2) is 0 Å². The molecule has 0 aromatic carbocycles. The first-order valence-corrected chi connectivity index (χ1v) is 8.63. The Balaban J connectivity index is 2.39. The van der Waals surface area contributed by atoms with Crippen LogP contribution >= 0.6 is 0 Å². The summed E-state index contributed by atoms with van der Waals surface area (Å²) in [6.07, 6.45) is -4.83. The Kier molecular flexibility index (Phi) is 6.45. The normalized spacial score (nSPS) is 23.6. The van der Waals surface area contributed by atoms with Crippen molar-refractivity contribution in [3.8, 4) is 0 Å². The topological polar surface area (TPSA) is 78.9 Å². The van der Waals surface area contributed by atoms with Crippen LogP contribution in [0.15, 0.2) is 0 Å². The minimum absolute atomic E-state index is 0.0161. The molecule has 0 aromatic heterocycles. The molecule has 0 radical (unpaired) electrons. The third kappa shape index (κ3) is 8.52. The number of hydrogen-bond acceptors (Lipinski definition) is 6. The fourth-order valence-corrected chi connectivity index (χ4v) is 2.77. The lowest BCUT2D eigenvalue weighted by molar-refractivity contribution is -0.167. The summed E-state index contributed by atoms with van der Waals surface area (Å²) in [6.45, 7) is 4.71. The van der Waals surface area contributed by atoms with E-state index in [1.165, 1.54) is 0 Å². The Bertz CT molecular complexity index is 501. The Hall–Kier alpha value is -0.870. The van der Waals surface area contributed by atoms with Crippen molar-refractivity contribution in [3.63, 3.8) is 0 Å². The first-order valence-electron chi connectivity index (χ1n) is 7.06. The molecule has 0 amide bonds. The van der Waals surface area contributed by atoms with Gasteiger partial charge in [-0.1, -0.05) is 0 Å². The number of alkyl halides is 3. The Morgan fingerprint density at radius 3 is 2.26 bits per heavy atom. The Labute approximate surface area is 133 Å². The molecule has 1 aliphatic rings. The first kappa shape index (κ1) is 20.2. The molecule has 6 nitrogen and oxygen atoms in total. The summed E-state index contributed by atoms with van der Waals surface area (Å²) >= 11 is 0. The first-order chi connectivity index (χ1) is 10.3. The zero-order valence-electron chi connectivity index (χ0n) is 13.2. The highest BCUT2D eigenvalue weighted by Crippen LogP contribution is 2.24. The third-order valence-electron chi connectivity index (χ3n) is 2.88. The van der Waals surface area contributed by atoms with Crippen molar-refractivity contribution in [2.45, 2.75) is 51.5 Å². The van der Waals surface area contributed by atoms with Crippen molar-refractivity contribution in [1.29, 1.82) is 0 Å². The van der Waals surface area contributed by atoms with Crippen molar-refractivity contribution in [2.75, 3.05) is 19.0 Å². The van der Waals surface area contributed by atoms with Crippen LogP contribution in [0.25, 0.3) is 0 Å². The molecular weight excluding hydrogens is 341 g/mol. The van der Waals surface area contributed by atoms with E-state index in [-0.39, 0.29) is 6.61 Å². The van der Waals surface area contributed by atoms with E-state index in [1.54, 1.807) is 20.8 Å². The highest BCUT2D eigenvalue weighted by molar-refractivity contribution is 7.86. The minimum atomic E-state index is -4.85. The quantitative estimate of drug-likeness (QED) is 0.550. The maximum atomic E-state index is 12.1. The lowest BCUT2D eigenvalue weighted by Crippen LogP contribution is -2.37. The van der Waals surface area contributed by atoms with Gasteiger partial charge < -0.3 is 9.47 Å². The van der Waals surface area contributed by atoms with Gasteiger partial charge in [0.2, 0.25) is 0 Å². The van der Waals surface area contributed by atoms with Gasteiger partial charge in [0.25, 0.3) is 10.1 Å². The zero-order valence-corrected chi connectivity index (χ0v) is 14.0. The second kappa shape index (κ2) is 7.35. The number of esters is 1. The Morgan fingerprint density at radius 2 is 1.83 bits per heavy atom. The van der Waals surface area contributed by atoms with E-state index in [1.807, 2.05) is 0 Å². The number of halogens is 3. The van der Waals surface area contributed by atoms with Gasteiger partial charge in [-0.2, -0.15) is 21.6 Å². The summed E-state index contributed by atoms with van der Waals surface area (Å²) < 4.78 is 73.3. The van der Waals surface area contributed by atoms with E-state index in [0.29, 0.717) is 12.8 Å². The van der Waals surface area contributed by atoms with Crippen molar-refractivity contribution in [1.82, 2.24) is 0 Å². The van der Waals surface area contributed by atoms with Crippen LogP contribution in [-0.4, -0.2) is 51.2 Å². The smallest absolute Gasteiger partial charge is 0.405 e. The second-order valence-corrected chi connectivity index (χ2v) is 8.00. The van der Waals surface area contributed by atoms with Gasteiger partial charge >= 0.3 is 12.1 Å². The van der Waals surface area contributed by atoms with Gasteiger partial charge in [0.1, 0.15) is 5.60 Å². The van der Waals surface area contributed by atoms with E-state index in [9.17, 15) is 26.4 Å². The average Bonchev–Trinajstić information content (AvgIpc) is 2.32. The van der Waals surface area contributed by atoms with Crippen LogP contribution in [0.5, 0.6) is 0 Å². The van der Waals surface area contributed by atoms with Gasteiger partial charge in [0.15, 0.2) is 5.75 Å².